The minimum atomic E-state index is 0. The number of guanidine groups is 1. The number of nitrogens with zero attached hydrogens (tertiary/aromatic N) is 3. The summed E-state index contributed by atoms with van der Waals surface area (Å²) in [5.41, 5.74) is 4.10. The average Bonchev–Trinajstić information content (AvgIpc) is 3.15. The van der Waals surface area contributed by atoms with Crippen molar-refractivity contribution >= 4 is 35.6 Å². The van der Waals surface area contributed by atoms with Crippen molar-refractivity contribution in [2.24, 2.45) is 4.99 Å². The quantitative estimate of drug-likeness (QED) is 0.424. The largest absolute Gasteiger partial charge is 0.469 e. The lowest BCUT2D eigenvalue weighted by atomic mass is 10.1. The molecule has 0 spiro atoms. The summed E-state index contributed by atoms with van der Waals surface area (Å²) in [5, 5.41) is 3.45. The van der Waals surface area contributed by atoms with Gasteiger partial charge in [-0.25, -0.2) is 0 Å². The van der Waals surface area contributed by atoms with E-state index in [4.69, 9.17) is 4.42 Å². The number of anilines is 1. The van der Waals surface area contributed by atoms with Crippen LogP contribution in [0.1, 0.15) is 16.9 Å². The van der Waals surface area contributed by atoms with Gasteiger partial charge >= 0.3 is 0 Å². The molecular weight excluding hydrogens is 439 g/mol. The van der Waals surface area contributed by atoms with Crippen LogP contribution in [0, 0.1) is 13.8 Å². The molecule has 0 unspecified atom stereocenters. The maximum atomic E-state index is 5.38. The molecule has 1 N–H and O–H groups in total. The third-order valence-corrected chi connectivity index (χ3v) is 4.94. The fraction of sp³-hybridized carbons (Fsp3) is 0.450. The van der Waals surface area contributed by atoms with Crippen molar-refractivity contribution in [2.75, 3.05) is 44.7 Å². The van der Waals surface area contributed by atoms with E-state index >= 15 is 0 Å². The predicted octanol–water partition coefficient (Wildman–Crippen LogP) is 3.45. The second kappa shape index (κ2) is 9.85. The van der Waals surface area contributed by atoms with E-state index < -0.39 is 0 Å². The van der Waals surface area contributed by atoms with Gasteiger partial charge in [0.05, 0.1) is 6.26 Å². The van der Waals surface area contributed by atoms with Crippen LogP contribution in [0.5, 0.6) is 0 Å². The number of furan rings is 1. The number of aryl methyl sites for hydroxylation is 1. The zero-order chi connectivity index (χ0) is 17.6. The number of piperazine rings is 1. The first kappa shape index (κ1) is 20.6. The van der Waals surface area contributed by atoms with Gasteiger partial charge in [0.2, 0.25) is 0 Å². The number of hydrogen-bond donors (Lipinski definition) is 1. The summed E-state index contributed by atoms with van der Waals surface area (Å²) in [7, 11) is 1.85. The molecule has 1 aromatic heterocycles. The topological polar surface area (TPSA) is 44.0 Å². The smallest absolute Gasteiger partial charge is 0.193 e. The molecule has 1 aromatic carbocycles. The highest BCUT2D eigenvalue weighted by Crippen LogP contribution is 2.23. The van der Waals surface area contributed by atoms with E-state index in [1.165, 1.54) is 16.8 Å². The van der Waals surface area contributed by atoms with Gasteiger partial charge in [0.25, 0.3) is 0 Å². The summed E-state index contributed by atoms with van der Waals surface area (Å²) in [6.07, 6.45) is 2.59. The van der Waals surface area contributed by atoms with Gasteiger partial charge in [0.15, 0.2) is 5.96 Å². The lowest BCUT2D eigenvalue weighted by Gasteiger charge is -2.38. The molecule has 1 aliphatic rings. The predicted molar refractivity (Wildman–Crippen MR) is 119 cm³/mol. The standard InChI is InChI=1S/C20H28N4O.HI/c1-16-6-4-8-19(17(16)2)23-11-13-24(14-12-23)20(21-3)22-10-9-18-7-5-15-25-18;/h4-8,15H,9-14H2,1-3H3,(H,21,22);1H. The minimum absolute atomic E-state index is 0. The highest BCUT2D eigenvalue weighted by molar-refractivity contribution is 14.0. The normalized spacial score (nSPS) is 15.0. The number of benzene rings is 1. The molecule has 0 radical (unpaired) electrons. The van der Waals surface area contributed by atoms with Crippen LogP contribution >= 0.6 is 24.0 Å². The van der Waals surface area contributed by atoms with Gasteiger partial charge in [-0.2, -0.15) is 0 Å². The second-order valence-electron chi connectivity index (χ2n) is 6.50. The molecule has 1 saturated heterocycles. The van der Waals surface area contributed by atoms with Crippen molar-refractivity contribution in [1.82, 2.24) is 10.2 Å². The Morgan fingerprint density at radius 1 is 1.12 bits per heavy atom. The third-order valence-electron chi connectivity index (χ3n) is 4.94. The third kappa shape index (κ3) is 4.93. The van der Waals surface area contributed by atoms with Gasteiger partial charge in [-0.05, 0) is 43.2 Å². The average molecular weight is 468 g/mol. The SMILES string of the molecule is CN=C(NCCc1ccco1)N1CCN(c2cccc(C)c2C)CC1.I. The minimum Gasteiger partial charge on any atom is -0.469 e. The Bertz CT molecular complexity index is 707. The number of aliphatic imine (C=N–C) groups is 1. The molecule has 1 aliphatic heterocycles. The molecule has 0 amide bonds. The van der Waals surface area contributed by atoms with Crippen LogP contribution in [0.2, 0.25) is 0 Å². The van der Waals surface area contributed by atoms with Crippen LogP contribution in [-0.2, 0) is 6.42 Å². The fourth-order valence-corrected chi connectivity index (χ4v) is 3.32. The molecule has 6 heteroatoms. The van der Waals surface area contributed by atoms with Crippen LogP contribution in [0.3, 0.4) is 0 Å². The molecule has 26 heavy (non-hydrogen) atoms. The van der Waals surface area contributed by atoms with Gasteiger partial charge in [-0.15, -0.1) is 24.0 Å². The lowest BCUT2D eigenvalue weighted by molar-refractivity contribution is 0.372. The number of rotatable bonds is 4. The first-order valence-corrected chi connectivity index (χ1v) is 8.98. The van der Waals surface area contributed by atoms with Gasteiger partial charge < -0.3 is 19.5 Å². The Morgan fingerprint density at radius 3 is 2.54 bits per heavy atom. The van der Waals surface area contributed by atoms with Crippen molar-refractivity contribution in [2.45, 2.75) is 20.3 Å². The summed E-state index contributed by atoms with van der Waals surface area (Å²) in [6, 6.07) is 10.5. The van der Waals surface area contributed by atoms with E-state index in [0.29, 0.717) is 0 Å². The molecular formula is C20H29IN4O. The Morgan fingerprint density at radius 2 is 1.88 bits per heavy atom. The Balaban J connectivity index is 0.00000243. The summed E-state index contributed by atoms with van der Waals surface area (Å²) < 4.78 is 5.38. The highest BCUT2D eigenvalue weighted by atomic mass is 127. The second-order valence-corrected chi connectivity index (χ2v) is 6.50. The van der Waals surface area contributed by atoms with Crippen LogP contribution in [0.4, 0.5) is 5.69 Å². The molecule has 5 nitrogen and oxygen atoms in total. The monoisotopic (exact) mass is 468 g/mol. The number of halogens is 1. The van der Waals surface area contributed by atoms with E-state index in [0.717, 1.165) is 50.9 Å². The molecule has 0 saturated carbocycles. The zero-order valence-electron chi connectivity index (χ0n) is 15.9. The maximum absolute atomic E-state index is 5.38. The lowest BCUT2D eigenvalue weighted by Crippen LogP contribution is -2.53. The molecule has 3 rings (SSSR count). The van der Waals surface area contributed by atoms with E-state index in [1.54, 1.807) is 6.26 Å². The highest BCUT2D eigenvalue weighted by Gasteiger charge is 2.20. The summed E-state index contributed by atoms with van der Waals surface area (Å²) >= 11 is 0. The van der Waals surface area contributed by atoms with Crippen LogP contribution in [0.15, 0.2) is 46.0 Å². The zero-order valence-corrected chi connectivity index (χ0v) is 18.2. The Hall–Kier alpha value is -1.70. The van der Waals surface area contributed by atoms with Gasteiger partial charge in [-0.3, -0.25) is 4.99 Å². The fourth-order valence-electron chi connectivity index (χ4n) is 3.32. The van der Waals surface area contributed by atoms with Crippen molar-refractivity contribution in [1.29, 1.82) is 0 Å². The van der Waals surface area contributed by atoms with Gasteiger partial charge in [-0.1, -0.05) is 12.1 Å². The summed E-state index contributed by atoms with van der Waals surface area (Å²) in [5.74, 6) is 1.98. The van der Waals surface area contributed by atoms with Gasteiger partial charge in [0, 0.05) is 51.9 Å². The number of hydrogen-bond acceptors (Lipinski definition) is 3. The summed E-state index contributed by atoms with van der Waals surface area (Å²) in [6.45, 7) is 9.22. The molecule has 1 fully saturated rings. The Labute approximate surface area is 173 Å². The van der Waals surface area contributed by atoms with Crippen LogP contribution < -0.4 is 10.2 Å². The number of nitrogens with one attached hydrogen (secondary N) is 1. The molecule has 0 aliphatic carbocycles. The maximum Gasteiger partial charge on any atom is 0.193 e. The van der Waals surface area contributed by atoms with E-state index in [9.17, 15) is 0 Å². The molecule has 2 heterocycles. The van der Waals surface area contributed by atoms with E-state index in [1.807, 2.05) is 19.2 Å². The first-order valence-electron chi connectivity index (χ1n) is 8.98. The summed E-state index contributed by atoms with van der Waals surface area (Å²) in [4.78, 5) is 9.26. The van der Waals surface area contributed by atoms with Crippen molar-refractivity contribution in [3.63, 3.8) is 0 Å². The van der Waals surface area contributed by atoms with Crippen LogP contribution in [0.25, 0.3) is 0 Å². The molecule has 0 atom stereocenters. The van der Waals surface area contributed by atoms with E-state index in [2.05, 4.69) is 52.2 Å². The first-order chi connectivity index (χ1) is 12.2. The van der Waals surface area contributed by atoms with Gasteiger partial charge in [0.1, 0.15) is 5.76 Å². The van der Waals surface area contributed by atoms with Crippen molar-refractivity contribution in [3.05, 3.63) is 53.5 Å². The van der Waals surface area contributed by atoms with E-state index in [-0.39, 0.29) is 24.0 Å². The molecule has 2 aromatic rings. The molecule has 142 valence electrons. The van der Waals surface area contributed by atoms with Crippen LogP contribution in [-0.4, -0.2) is 50.6 Å². The van der Waals surface area contributed by atoms with Crippen molar-refractivity contribution < 1.29 is 4.42 Å². The Kier molecular flexibility index (Phi) is 7.81. The molecule has 0 bridgehead atoms. The van der Waals surface area contributed by atoms with Crippen molar-refractivity contribution in [3.8, 4) is 0 Å².